The number of ether oxygens (including phenoxy) is 2. The SMILES string of the molecule is CCOc1cc(C=C(C#N)C#N)cc(I)c1OCC(N)=O. The fourth-order valence-corrected chi connectivity index (χ4v) is 2.25. The van der Waals surface area contributed by atoms with Gasteiger partial charge in [0, 0.05) is 0 Å². The molecule has 0 aromatic heterocycles. The highest BCUT2D eigenvalue weighted by Gasteiger charge is 2.13. The third-order valence-electron chi connectivity index (χ3n) is 2.24. The predicted molar refractivity (Wildman–Crippen MR) is 84.2 cm³/mol. The maximum atomic E-state index is 10.8. The van der Waals surface area contributed by atoms with Crippen LogP contribution < -0.4 is 15.2 Å². The van der Waals surface area contributed by atoms with E-state index in [9.17, 15) is 4.79 Å². The first-order valence-electron chi connectivity index (χ1n) is 5.91. The van der Waals surface area contributed by atoms with E-state index in [0.29, 0.717) is 27.2 Å². The predicted octanol–water partition coefficient (Wildman–Crippen LogP) is 1.98. The Morgan fingerprint density at radius 2 is 2.05 bits per heavy atom. The summed E-state index contributed by atoms with van der Waals surface area (Å²) in [6.45, 7) is 1.95. The van der Waals surface area contributed by atoms with Crippen LogP contribution in [0.5, 0.6) is 11.5 Å². The lowest BCUT2D eigenvalue weighted by atomic mass is 10.1. The minimum absolute atomic E-state index is 0.0148. The molecule has 108 valence electrons. The summed E-state index contributed by atoms with van der Waals surface area (Å²) < 4.78 is 11.5. The molecular weight excluding hydrogens is 385 g/mol. The van der Waals surface area contributed by atoms with E-state index in [1.807, 2.05) is 29.5 Å². The summed E-state index contributed by atoms with van der Waals surface area (Å²) in [7, 11) is 0. The average Bonchev–Trinajstić information content (AvgIpc) is 2.43. The van der Waals surface area contributed by atoms with Crippen LogP contribution in [-0.2, 0) is 4.79 Å². The molecule has 1 amide bonds. The van der Waals surface area contributed by atoms with Gasteiger partial charge in [0.1, 0.15) is 17.7 Å². The summed E-state index contributed by atoms with van der Waals surface area (Å²) in [6, 6.07) is 6.93. The summed E-state index contributed by atoms with van der Waals surface area (Å²) in [5.41, 5.74) is 5.67. The quantitative estimate of drug-likeness (QED) is 0.583. The second-order valence-corrected chi connectivity index (χ2v) is 4.96. The zero-order valence-corrected chi connectivity index (χ0v) is 13.4. The maximum absolute atomic E-state index is 10.8. The second kappa shape index (κ2) is 8.12. The Hall–Kier alpha value is -2.26. The number of hydrogen-bond acceptors (Lipinski definition) is 5. The van der Waals surface area contributed by atoms with E-state index in [1.165, 1.54) is 6.08 Å². The Bertz CT molecular complexity index is 641. The molecule has 1 aromatic rings. The van der Waals surface area contributed by atoms with Crippen LogP contribution in [0.1, 0.15) is 12.5 Å². The van der Waals surface area contributed by atoms with Crippen LogP contribution in [0.3, 0.4) is 0 Å². The van der Waals surface area contributed by atoms with E-state index in [-0.39, 0.29) is 12.2 Å². The molecule has 0 aliphatic carbocycles. The molecule has 0 aliphatic heterocycles. The van der Waals surface area contributed by atoms with E-state index >= 15 is 0 Å². The molecule has 0 saturated carbocycles. The third-order valence-corrected chi connectivity index (χ3v) is 3.04. The van der Waals surface area contributed by atoms with Crippen molar-refractivity contribution in [3.05, 3.63) is 26.8 Å². The van der Waals surface area contributed by atoms with Gasteiger partial charge in [-0.15, -0.1) is 0 Å². The number of hydrogen-bond donors (Lipinski definition) is 1. The van der Waals surface area contributed by atoms with Gasteiger partial charge >= 0.3 is 0 Å². The summed E-state index contributed by atoms with van der Waals surface area (Å²) in [5.74, 6) is 0.240. The summed E-state index contributed by atoms with van der Waals surface area (Å²) in [6.07, 6.45) is 1.45. The Morgan fingerprint density at radius 3 is 2.57 bits per heavy atom. The van der Waals surface area contributed by atoms with Gasteiger partial charge in [-0.25, -0.2) is 0 Å². The number of allylic oxidation sites excluding steroid dienone is 1. The van der Waals surface area contributed by atoms with Crippen LogP contribution in [0.15, 0.2) is 17.7 Å². The molecule has 0 bridgehead atoms. The van der Waals surface area contributed by atoms with Crippen molar-refractivity contribution in [3.63, 3.8) is 0 Å². The number of rotatable bonds is 6. The first kappa shape index (κ1) is 16.8. The second-order valence-electron chi connectivity index (χ2n) is 3.80. The minimum atomic E-state index is -0.589. The highest BCUT2D eigenvalue weighted by molar-refractivity contribution is 14.1. The van der Waals surface area contributed by atoms with Crippen LogP contribution in [0.2, 0.25) is 0 Å². The fraction of sp³-hybridized carbons (Fsp3) is 0.214. The van der Waals surface area contributed by atoms with E-state index in [0.717, 1.165) is 0 Å². The molecule has 0 unspecified atom stereocenters. The molecule has 6 nitrogen and oxygen atoms in total. The summed E-state index contributed by atoms with van der Waals surface area (Å²) in [4.78, 5) is 10.8. The van der Waals surface area contributed by atoms with Crippen molar-refractivity contribution in [2.75, 3.05) is 13.2 Å². The topological polar surface area (TPSA) is 109 Å². The van der Waals surface area contributed by atoms with Crippen LogP contribution in [-0.4, -0.2) is 19.1 Å². The van der Waals surface area contributed by atoms with Crippen LogP contribution in [0.25, 0.3) is 6.08 Å². The molecule has 7 heteroatoms. The number of benzene rings is 1. The van der Waals surface area contributed by atoms with Crippen molar-refractivity contribution >= 4 is 34.6 Å². The molecular formula is C14H12IN3O3. The Balaban J connectivity index is 3.24. The number of nitrogens with two attached hydrogens (primary N) is 1. The van der Waals surface area contributed by atoms with E-state index in [1.54, 1.807) is 24.3 Å². The highest BCUT2D eigenvalue weighted by atomic mass is 127. The zero-order chi connectivity index (χ0) is 15.8. The van der Waals surface area contributed by atoms with Crippen molar-refractivity contribution < 1.29 is 14.3 Å². The van der Waals surface area contributed by atoms with Gasteiger partial charge in [0.15, 0.2) is 18.1 Å². The standard InChI is InChI=1S/C14H12IN3O3/c1-2-20-12-5-9(3-10(6-16)7-17)4-11(15)14(12)21-8-13(18)19/h3-5H,2,8H2,1H3,(H2,18,19). The number of amides is 1. The molecule has 0 fully saturated rings. The van der Waals surface area contributed by atoms with Crippen molar-refractivity contribution in [2.24, 2.45) is 5.73 Å². The van der Waals surface area contributed by atoms with Gasteiger partial charge in [0.05, 0.1) is 10.2 Å². The smallest absolute Gasteiger partial charge is 0.255 e. The zero-order valence-electron chi connectivity index (χ0n) is 11.2. The number of primary amides is 1. The molecule has 2 N–H and O–H groups in total. The number of carbonyl (C=O) groups is 1. The molecule has 0 radical (unpaired) electrons. The summed E-state index contributed by atoms with van der Waals surface area (Å²) in [5, 5.41) is 17.6. The largest absolute Gasteiger partial charge is 0.490 e. The Morgan fingerprint density at radius 1 is 1.38 bits per heavy atom. The van der Waals surface area contributed by atoms with Gasteiger partial charge in [-0.1, -0.05) is 0 Å². The number of nitriles is 2. The molecule has 0 spiro atoms. The number of halogens is 1. The molecule has 21 heavy (non-hydrogen) atoms. The third kappa shape index (κ3) is 4.97. The van der Waals surface area contributed by atoms with Gasteiger partial charge in [-0.05, 0) is 53.3 Å². The molecule has 1 rings (SSSR count). The molecule has 0 aliphatic rings. The maximum Gasteiger partial charge on any atom is 0.255 e. The van der Waals surface area contributed by atoms with E-state index < -0.39 is 5.91 Å². The van der Waals surface area contributed by atoms with Gasteiger partial charge in [0.2, 0.25) is 0 Å². The van der Waals surface area contributed by atoms with Gasteiger partial charge < -0.3 is 15.2 Å². The van der Waals surface area contributed by atoms with E-state index in [4.69, 9.17) is 25.7 Å². The molecule has 1 aromatic carbocycles. The first-order chi connectivity index (χ1) is 10.0. The minimum Gasteiger partial charge on any atom is -0.490 e. The Kier molecular flexibility index (Phi) is 6.50. The molecule has 0 heterocycles. The van der Waals surface area contributed by atoms with Crippen LogP contribution in [0, 0.1) is 26.2 Å². The number of carbonyl (C=O) groups excluding carboxylic acids is 1. The lowest BCUT2D eigenvalue weighted by Gasteiger charge is -2.13. The van der Waals surface area contributed by atoms with Crippen molar-refractivity contribution in [1.29, 1.82) is 10.5 Å². The first-order valence-corrected chi connectivity index (χ1v) is 6.99. The van der Waals surface area contributed by atoms with Crippen molar-refractivity contribution in [1.82, 2.24) is 0 Å². The lowest BCUT2D eigenvalue weighted by Crippen LogP contribution is -2.20. The van der Waals surface area contributed by atoms with Crippen LogP contribution in [0.4, 0.5) is 0 Å². The number of nitrogens with zero attached hydrogens (tertiary/aromatic N) is 2. The monoisotopic (exact) mass is 397 g/mol. The van der Waals surface area contributed by atoms with E-state index in [2.05, 4.69) is 0 Å². The molecule has 0 saturated heterocycles. The average molecular weight is 397 g/mol. The fourth-order valence-electron chi connectivity index (χ4n) is 1.47. The van der Waals surface area contributed by atoms with Crippen LogP contribution >= 0.6 is 22.6 Å². The lowest BCUT2D eigenvalue weighted by molar-refractivity contribution is -0.119. The Labute approximate surface area is 135 Å². The highest BCUT2D eigenvalue weighted by Crippen LogP contribution is 2.34. The molecule has 0 atom stereocenters. The van der Waals surface area contributed by atoms with Gasteiger partial charge in [-0.2, -0.15) is 10.5 Å². The van der Waals surface area contributed by atoms with Gasteiger partial charge in [0.25, 0.3) is 5.91 Å². The van der Waals surface area contributed by atoms with Crippen molar-refractivity contribution in [2.45, 2.75) is 6.92 Å². The summed E-state index contributed by atoms with van der Waals surface area (Å²) >= 11 is 2.02. The van der Waals surface area contributed by atoms with Crippen molar-refractivity contribution in [3.8, 4) is 23.6 Å². The normalized spacial score (nSPS) is 9.14. The van der Waals surface area contributed by atoms with Gasteiger partial charge in [-0.3, -0.25) is 4.79 Å².